The fraction of sp³-hybridized carbons (Fsp3) is 0.296. The minimum Gasteiger partial charge on any atom is -0.462 e. The molecule has 2 aliphatic heterocycles. The molecule has 1 amide bonds. The molecule has 1 fully saturated rings. The molecule has 2 heterocycles. The Bertz CT molecular complexity index is 1190. The summed E-state index contributed by atoms with van der Waals surface area (Å²) in [6.45, 7) is 8.31. The van der Waals surface area contributed by atoms with Gasteiger partial charge in [0.15, 0.2) is 0 Å². The van der Waals surface area contributed by atoms with Gasteiger partial charge >= 0.3 is 5.97 Å². The van der Waals surface area contributed by atoms with Crippen molar-refractivity contribution in [3.05, 3.63) is 82.5 Å². The van der Waals surface area contributed by atoms with Crippen LogP contribution in [0.4, 0.5) is 11.4 Å². The van der Waals surface area contributed by atoms with E-state index < -0.39 is 0 Å². The highest BCUT2D eigenvalue weighted by molar-refractivity contribution is 8.26. The number of benzene rings is 2. The maximum atomic E-state index is 13.1. The largest absolute Gasteiger partial charge is 0.462 e. The average molecular weight is 508 g/mol. The number of anilines is 2. The van der Waals surface area contributed by atoms with Gasteiger partial charge in [-0.25, -0.2) is 4.79 Å². The number of carbonyl (C=O) groups is 2. The van der Waals surface area contributed by atoms with Crippen molar-refractivity contribution >= 4 is 51.6 Å². The first kappa shape index (κ1) is 25.0. The Morgan fingerprint density at radius 2 is 1.69 bits per heavy atom. The van der Waals surface area contributed by atoms with E-state index in [4.69, 9.17) is 17.0 Å². The third-order valence-electron chi connectivity index (χ3n) is 5.98. The number of allylic oxidation sites excluding steroid dienone is 2. The van der Waals surface area contributed by atoms with Gasteiger partial charge < -0.3 is 14.5 Å². The summed E-state index contributed by atoms with van der Waals surface area (Å²) in [5, 5.41) is 0. The van der Waals surface area contributed by atoms with Crippen molar-refractivity contribution in [2.75, 3.05) is 36.0 Å². The molecule has 2 aromatic rings. The van der Waals surface area contributed by atoms with Crippen LogP contribution in [0.2, 0.25) is 0 Å². The normalized spacial score (nSPS) is 17.6. The molecule has 0 aromatic heterocycles. The lowest BCUT2D eigenvalue weighted by Gasteiger charge is -2.23. The van der Waals surface area contributed by atoms with E-state index in [-0.39, 0.29) is 11.9 Å². The van der Waals surface area contributed by atoms with Gasteiger partial charge in [-0.1, -0.05) is 54.3 Å². The van der Waals surface area contributed by atoms with E-state index in [1.807, 2.05) is 42.5 Å². The smallest absolute Gasteiger partial charge is 0.338 e. The Morgan fingerprint density at radius 3 is 2.37 bits per heavy atom. The zero-order valence-corrected chi connectivity index (χ0v) is 21.8. The van der Waals surface area contributed by atoms with Crippen LogP contribution >= 0.6 is 24.0 Å². The molecule has 2 aromatic carbocycles. The van der Waals surface area contributed by atoms with Crippen molar-refractivity contribution in [1.82, 2.24) is 4.90 Å². The van der Waals surface area contributed by atoms with Crippen LogP contribution in [-0.4, -0.2) is 47.3 Å². The second-order valence-electron chi connectivity index (χ2n) is 8.03. The van der Waals surface area contributed by atoms with E-state index in [2.05, 4.69) is 35.8 Å². The zero-order chi connectivity index (χ0) is 24.9. The highest BCUT2D eigenvalue weighted by Crippen LogP contribution is 2.42. The van der Waals surface area contributed by atoms with Gasteiger partial charge in [0.25, 0.3) is 5.91 Å². The summed E-state index contributed by atoms with van der Waals surface area (Å²) in [4.78, 5) is 32.0. The van der Waals surface area contributed by atoms with E-state index in [0.29, 0.717) is 34.5 Å². The molecule has 0 bridgehead atoms. The number of thiocarbonyl (C=S) groups is 1. The summed E-state index contributed by atoms with van der Waals surface area (Å²) >= 11 is 6.85. The summed E-state index contributed by atoms with van der Waals surface area (Å²) in [6, 6.07) is 15.7. The third kappa shape index (κ3) is 5.13. The zero-order valence-electron chi connectivity index (χ0n) is 20.2. The molecule has 0 aliphatic carbocycles. The third-order valence-corrected chi connectivity index (χ3v) is 7.37. The number of nitrogens with zero attached hydrogens (tertiary/aromatic N) is 3. The molecule has 0 spiro atoms. The number of thioether (sulfide) groups is 1. The minimum absolute atomic E-state index is 0.0565. The monoisotopic (exact) mass is 507 g/mol. The summed E-state index contributed by atoms with van der Waals surface area (Å²) in [6.07, 6.45) is 4.59. The lowest BCUT2D eigenvalue weighted by atomic mass is 10.1. The van der Waals surface area contributed by atoms with Gasteiger partial charge in [0.05, 0.1) is 28.5 Å². The van der Waals surface area contributed by atoms with Gasteiger partial charge in [-0.15, -0.1) is 0 Å². The maximum absolute atomic E-state index is 13.1. The topological polar surface area (TPSA) is 53.1 Å². The van der Waals surface area contributed by atoms with Crippen molar-refractivity contribution < 1.29 is 14.3 Å². The number of hydrogen-bond acceptors (Lipinski definition) is 7. The molecular formula is C27H29N3O3S2. The molecule has 0 atom stereocenters. The molecule has 8 heteroatoms. The summed E-state index contributed by atoms with van der Waals surface area (Å²) in [5.74, 6) is 0.575. The molecule has 6 nitrogen and oxygen atoms in total. The van der Waals surface area contributed by atoms with Gasteiger partial charge in [0, 0.05) is 19.6 Å². The fourth-order valence-electron chi connectivity index (χ4n) is 4.29. The molecule has 4 rings (SSSR count). The fourth-order valence-corrected chi connectivity index (χ4v) is 5.54. The van der Waals surface area contributed by atoms with Crippen LogP contribution in [0.5, 0.6) is 0 Å². The number of amides is 1. The first-order valence-corrected chi connectivity index (χ1v) is 13.1. The van der Waals surface area contributed by atoms with Crippen molar-refractivity contribution in [2.24, 2.45) is 0 Å². The van der Waals surface area contributed by atoms with Gasteiger partial charge in [-0.2, -0.15) is 0 Å². The maximum Gasteiger partial charge on any atom is 0.338 e. The van der Waals surface area contributed by atoms with Crippen molar-refractivity contribution in [2.45, 2.75) is 27.2 Å². The molecule has 1 saturated heterocycles. The first-order valence-electron chi connectivity index (χ1n) is 11.8. The Balaban J connectivity index is 1.56. The SMILES string of the molecule is CCOC(=O)c1ccc2c(c1)N(CC)/C(=C\C=C1/SC(=S)N(CCc3ccccc3)C1=O)N2CC. The van der Waals surface area contributed by atoms with Gasteiger partial charge in [-0.3, -0.25) is 9.69 Å². The highest BCUT2D eigenvalue weighted by atomic mass is 32.2. The Labute approximate surface area is 216 Å². The second-order valence-corrected chi connectivity index (χ2v) is 9.70. The van der Waals surface area contributed by atoms with Crippen LogP contribution in [0.15, 0.2) is 71.4 Å². The number of rotatable bonds is 8. The van der Waals surface area contributed by atoms with Crippen LogP contribution in [0.1, 0.15) is 36.7 Å². The number of hydrogen-bond donors (Lipinski definition) is 0. The molecule has 0 N–H and O–H groups in total. The van der Waals surface area contributed by atoms with Crippen LogP contribution in [0.25, 0.3) is 0 Å². The van der Waals surface area contributed by atoms with E-state index >= 15 is 0 Å². The van der Waals surface area contributed by atoms with Gasteiger partial charge in [0.1, 0.15) is 10.1 Å². The molecular weight excluding hydrogens is 478 g/mol. The summed E-state index contributed by atoms with van der Waals surface area (Å²) < 4.78 is 5.77. The Kier molecular flexibility index (Phi) is 7.93. The molecule has 0 radical (unpaired) electrons. The second kappa shape index (κ2) is 11.1. The average Bonchev–Trinajstić information content (AvgIpc) is 3.33. The number of fused-ring (bicyclic) bond motifs is 1. The number of esters is 1. The predicted molar refractivity (Wildman–Crippen MR) is 147 cm³/mol. The molecule has 0 saturated carbocycles. The van der Waals surface area contributed by atoms with E-state index in [1.54, 1.807) is 17.9 Å². The molecule has 35 heavy (non-hydrogen) atoms. The van der Waals surface area contributed by atoms with Crippen molar-refractivity contribution in [1.29, 1.82) is 0 Å². The lowest BCUT2D eigenvalue weighted by molar-refractivity contribution is -0.122. The van der Waals surface area contributed by atoms with Crippen LogP contribution in [0.3, 0.4) is 0 Å². The van der Waals surface area contributed by atoms with E-state index in [9.17, 15) is 9.59 Å². The highest BCUT2D eigenvalue weighted by Gasteiger charge is 2.33. The Hall–Kier alpha value is -3.10. The number of carbonyl (C=O) groups excluding carboxylic acids is 2. The molecule has 182 valence electrons. The first-order chi connectivity index (χ1) is 17.0. The molecule has 2 aliphatic rings. The lowest BCUT2D eigenvalue weighted by Crippen LogP contribution is -2.30. The summed E-state index contributed by atoms with van der Waals surface area (Å²) in [7, 11) is 0. The van der Waals surface area contributed by atoms with Gasteiger partial charge in [0.2, 0.25) is 0 Å². The number of ether oxygens (including phenoxy) is 1. The minimum atomic E-state index is -0.328. The van der Waals surface area contributed by atoms with E-state index in [1.165, 1.54) is 17.3 Å². The van der Waals surface area contributed by atoms with Gasteiger partial charge in [-0.05, 0) is 63.1 Å². The predicted octanol–water partition coefficient (Wildman–Crippen LogP) is 5.36. The summed E-state index contributed by atoms with van der Waals surface area (Å²) in [5.41, 5.74) is 3.68. The standard InChI is InChI=1S/C27H29N3O3S2/c1-4-28-21-13-12-20(26(32)33-6-3)18-22(21)29(5-2)24(28)15-14-23-25(31)30(27(34)35-23)17-16-19-10-8-7-9-11-19/h7-15,18H,4-6,16-17H2,1-3H3/b23-14-,24-15-. The van der Waals surface area contributed by atoms with Crippen molar-refractivity contribution in [3.8, 4) is 0 Å². The Morgan fingerprint density at radius 1 is 0.971 bits per heavy atom. The van der Waals surface area contributed by atoms with Crippen LogP contribution < -0.4 is 9.80 Å². The van der Waals surface area contributed by atoms with Crippen LogP contribution in [0, 0.1) is 0 Å². The van der Waals surface area contributed by atoms with Crippen LogP contribution in [-0.2, 0) is 16.0 Å². The van der Waals surface area contributed by atoms with Crippen molar-refractivity contribution in [3.63, 3.8) is 0 Å². The quantitative estimate of drug-likeness (QED) is 0.271. The van der Waals surface area contributed by atoms with E-state index in [0.717, 1.165) is 30.2 Å². The molecule has 0 unspecified atom stereocenters.